The van der Waals surface area contributed by atoms with Gasteiger partial charge in [0.05, 0.1) is 31.2 Å². The Balaban J connectivity index is 1.90. The van der Waals surface area contributed by atoms with Crippen LogP contribution in [-0.4, -0.2) is 57.1 Å². The van der Waals surface area contributed by atoms with Crippen LogP contribution in [0.4, 0.5) is 0 Å². The van der Waals surface area contributed by atoms with Crippen LogP contribution >= 0.6 is 11.6 Å². The van der Waals surface area contributed by atoms with Crippen molar-refractivity contribution in [3.05, 3.63) is 68.5 Å². The molecular weight excluding hydrogens is 432 g/mol. The van der Waals surface area contributed by atoms with Crippen molar-refractivity contribution in [1.82, 2.24) is 9.80 Å². The Morgan fingerprint density at radius 3 is 2.50 bits per heavy atom. The van der Waals surface area contributed by atoms with Gasteiger partial charge < -0.3 is 23.7 Å². The molecule has 0 saturated carbocycles. The first-order valence-electron chi connectivity index (χ1n) is 10.3. The van der Waals surface area contributed by atoms with Crippen molar-refractivity contribution in [3.8, 4) is 11.5 Å². The van der Waals surface area contributed by atoms with Crippen LogP contribution in [-0.2, 0) is 0 Å². The lowest BCUT2D eigenvalue weighted by Crippen LogP contribution is -2.32. The van der Waals surface area contributed by atoms with Crippen molar-refractivity contribution >= 4 is 28.5 Å². The third-order valence-electron chi connectivity index (χ3n) is 5.66. The Morgan fingerprint density at radius 2 is 1.81 bits per heavy atom. The molecule has 32 heavy (non-hydrogen) atoms. The minimum Gasteiger partial charge on any atom is -0.493 e. The quantitative estimate of drug-likeness (QED) is 0.536. The molecule has 8 heteroatoms. The summed E-state index contributed by atoms with van der Waals surface area (Å²) in [6, 6.07) is 9.65. The minimum absolute atomic E-state index is 0.0782. The van der Waals surface area contributed by atoms with Crippen molar-refractivity contribution < 1.29 is 18.7 Å². The highest BCUT2D eigenvalue weighted by molar-refractivity contribution is 6.31. The van der Waals surface area contributed by atoms with Crippen molar-refractivity contribution in [2.45, 2.75) is 12.5 Å². The van der Waals surface area contributed by atoms with E-state index in [0.717, 1.165) is 18.5 Å². The molecule has 1 aliphatic rings. The normalized spacial score (nSPS) is 15.5. The molecule has 1 aromatic heterocycles. The molecule has 7 nitrogen and oxygen atoms in total. The van der Waals surface area contributed by atoms with E-state index in [2.05, 4.69) is 4.90 Å². The summed E-state index contributed by atoms with van der Waals surface area (Å²) >= 11 is 6.13. The molecule has 0 N–H and O–H groups in total. The summed E-state index contributed by atoms with van der Waals surface area (Å²) in [5, 5.41) is 0.782. The third kappa shape index (κ3) is 3.82. The Morgan fingerprint density at radius 1 is 1.06 bits per heavy atom. The van der Waals surface area contributed by atoms with Gasteiger partial charge in [0.25, 0.3) is 5.91 Å². The average Bonchev–Trinajstić information content (AvgIpc) is 3.05. The summed E-state index contributed by atoms with van der Waals surface area (Å²) in [7, 11) is 7.07. The van der Waals surface area contributed by atoms with Gasteiger partial charge in [0, 0.05) is 11.6 Å². The number of rotatable bonds is 7. The number of halogens is 1. The van der Waals surface area contributed by atoms with Gasteiger partial charge in [0.1, 0.15) is 5.58 Å². The molecule has 0 aliphatic carbocycles. The Kier molecular flexibility index (Phi) is 6.13. The fourth-order valence-electron chi connectivity index (χ4n) is 4.15. The molecule has 0 radical (unpaired) electrons. The van der Waals surface area contributed by atoms with Gasteiger partial charge in [-0.15, -0.1) is 0 Å². The Hall–Kier alpha value is -3.03. The molecule has 2 heterocycles. The minimum atomic E-state index is -0.598. The van der Waals surface area contributed by atoms with E-state index in [4.69, 9.17) is 25.5 Å². The maximum Gasteiger partial charge on any atom is 0.290 e. The van der Waals surface area contributed by atoms with Gasteiger partial charge in [-0.2, -0.15) is 0 Å². The van der Waals surface area contributed by atoms with Crippen LogP contribution in [0.1, 0.15) is 34.1 Å². The average molecular weight is 457 g/mol. The van der Waals surface area contributed by atoms with Crippen LogP contribution in [0, 0.1) is 0 Å². The van der Waals surface area contributed by atoms with Crippen LogP contribution in [0.25, 0.3) is 11.0 Å². The zero-order valence-electron chi connectivity index (χ0n) is 18.5. The zero-order chi connectivity index (χ0) is 23.0. The van der Waals surface area contributed by atoms with Crippen LogP contribution in [0.5, 0.6) is 11.5 Å². The number of carbonyl (C=O) groups is 1. The third-order valence-corrected chi connectivity index (χ3v) is 5.89. The maximum atomic E-state index is 13.5. The molecule has 168 valence electrons. The van der Waals surface area contributed by atoms with E-state index in [1.807, 2.05) is 20.2 Å². The maximum absolute atomic E-state index is 13.5. The van der Waals surface area contributed by atoms with Gasteiger partial charge in [0.2, 0.25) is 5.76 Å². The van der Waals surface area contributed by atoms with E-state index in [1.165, 1.54) is 0 Å². The van der Waals surface area contributed by atoms with E-state index < -0.39 is 6.04 Å². The van der Waals surface area contributed by atoms with Crippen LogP contribution in [0.3, 0.4) is 0 Å². The SMILES string of the molecule is COc1ccc([C@H]2c3c(oc4ccc(Cl)cc4c3=O)C(=O)N2CCCN(C)C)cc1OC. The summed E-state index contributed by atoms with van der Waals surface area (Å²) in [5.74, 6) is 0.867. The molecule has 1 amide bonds. The fraction of sp³-hybridized carbons (Fsp3) is 0.333. The molecular formula is C24H25ClN2O5. The van der Waals surface area contributed by atoms with E-state index in [1.54, 1.807) is 49.5 Å². The highest BCUT2D eigenvalue weighted by atomic mass is 35.5. The summed E-state index contributed by atoms with van der Waals surface area (Å²) in [6.45, 7) is 1.27. The number of nitrogens with zero attached hydrogens (tertiary/aromatic N) is 2. The van der Waals surface area contributed by atoms with E-state index >= 15 is 0 Å². The summed E-state index contributed by atoms with van der Waals surface area (Å²) < 4.78 is 16.8. The first-order valence-corrected chi connectivity index (χ1v) is 10.7. The smallest absolute Gasteiger partial charge is 0.290 e. The topological polar surface area (TPSA) is 72.2 Å². The Labute approximate surface area is 191 Å². The van der Waals surface area contributed by atoms with E-state index in [0.29, 0.717) is 39.6 Å². The summed E-state index contributed by atoms with van der Waals surface area (Å²) in [5.41, 5.74) is 1.15. The van der Waals surface area contributed by atoms with Crippen LogP contribution in [0.2, 0.25) is 5.02 Å². The molecule has 0 saturated heterocycles. The first-order chi connectivity index (χ1) is 15.3. The second kappa shape index (κ2) is 8.84. The van der Waals surface area contributed by atoms with Crippen molar-refractivity contribution in [1.29, 1.82) is 0 Å². The first kappa shape index (κ1) is 22.2. The number of carbonyl (C=O) groups excluding carboxylic acids is 1. The molecule has 0 fully saturated rings. The molecule has 0 unspecified atom stereocenters. The zero-order valence-corrected chi connectivity index (χ0v) is 19.2. The van der Waals surface area contributed by atoms with Crippen molar-refractivity contribution in [3.63, 3.8) is 0 Å². The number of fused-ring (bicyclic) bond motifs is 2. The molecule has 0 spiro atoms. The number of amides is 1. The van der Waals surface area contributed by atoms with Gasteiger partial charge in [0.15, 0.2) is 16.9 Å². The lowest BCUT2D eigenvalue weighted by atomic mass is 9.98. The predicted molar refractivity (Wildman–Crippen MR) is 123 cm³/mol. The largest absolute Gasteiger partial charge is 0.493 e. The lowest BCUT2D eigenvalue weighted by molar-refractivity contribution is 0.0722. The molecule has 4 rings (SSSR count). The number of ether oxygens (including phenoxy) is 2. The van der Waals surface area contributed by atoms with E-state index in [-0.39, 0.29) is 17.1 Å². The van der Waals surface area contributed by atoms with Crippen molar-refractivity contribution in [2.24, 2.45) is 0 Å². The molecule has 0 bridgehead atoms. The lowest BCUT2D eigenvalue weighted by Gasteiger charge is -2.26. The van der Waals surface area contributed by atoms with Gasteiger partial charge in [-0.25, -0.2) is 0 Å². The highest BCUT2D eigenvalue weighted by Crippen LogP contribution is 2.41. The summed E-state index contributed by atoms with van der Waals surface area (Å²) in [6.07, 6.45) is 0.746. The number of methoxy groups -OCH3 is 2. The number of hydrogen-bond acceptors (Lipinski definition) is 6. The highest BCUT2D eigenvalue weighted by Gasteiger charge is 2.42. The Bertz CT molecular complexity index is 1240. The van der Waals surface area contributed by atoms with Gasteiger partial charge in [-0.3, -0.25) is 9.59 Å². The monoisotopic (exact) mass is 456 g/mol. The van der Waals surface area contributed by atoms with Gasteiger partial charge >= 0.3 is 0 Å². The molecule has 2 aromatic carbocycles. The standard InChI is InChI=1S/C24H25ClN2O5/c1-26(2)10-5-11-27-21(14-6-8-18(30-3)19(12-14)31-4)20-22(28)16-13-15(25)7-9-17(16)32-23(20)24(27)29/h6-9,12-13,21H,5,10-11H2,1-4H3/t21-/m0/s1. The second-order valence-electron chi connectivity index (χ2n) is 7.99. The van der Waals surface area contributed by atoms with Crippen molar-refractivity contribution in [2.75, 3.05) is 41.4 Å². The van der Waals surface area contributed by atoms with Crippen LogP contribution in [0.15, 0.2) is 45.6 Å². The number of hydrogen-bond donors (Lipinski definition) is 0. The van der Waals surface area contributed by atoms with Gasteiger partial charge in [-0.05, 0) is 63.0 Å². The van der Waals surface area contributed by atoms with E-state index in [9.17, 15) is 9.59 Å². The van der Waals surface area contributed by atoms with Crippen LogP contribution < -0.4 is 14.9 Å². The number of benzene rings is 2. The second-order valence-corrected chi connectivity index (χ2v) is 8.42. The summed E-state index contributed by atoms with van der Waals surface area (Å²) in [4.78, 5) is 30.7. The predicted octanol–water partition coefficient (Wildman–Crippen LogP) is 3.96. The molecule has 1 aliphatic heterocycles. The molecule has 1 atom stereocenters. The van der Waals surface area contributed by atoms with Gasteiger partial charge in [-0.1, -0.05) is 17.7 Å². The molecule has 3 aromatic rings. The fourth-order valence-corrected chi connectivity index (χ4v) is 4.32.